The molecule has 16 heavy (non-hydrogen) atoms. The second-order valence-corrected chi connectivity index (χ2v) is 3.32. The van der Waals surface area contributed by atoms with Crippen LogP contribution in [-0.4, -0.2) is 40.6 Å². The monoisotopic (exact) mass is 225 g/mol. The summed E-state index contributed by atoms with van der Waals surface area (Å²) in [7, 11) is 0. The smallest absolute Gasteiger partial charge is 0.339 e. The van der Waals surface area contributed by atoms with E-state index < -0.39 is 23.2 Å². The van der Waals surface area contributed by atoms with Gasteiger partial charge in [-0.25, -0.2) is 4.79 Å². The molecule has 1 heterocycles. The number of phenols is 3. The first-order valence-corrected chi connectivity index (χ1v) is 4.54. The van der Waals surface area contributed by atoms with E-state index in [1.807, 2.05) is 0 Å². The number of phenolic OH excluding ortho intramolecular Hbond substituents is 3. The molecule has 1 aliphatic heterocycles. The van der Waals surface area contributed by atoms with Crippen LogP contribution in [0, 0.1) is 6.07 Å². The van der Waals surface area contributed by atoms with Gasteiger partial charge in [0.1, 0.15) is 12.7 Å². The van der Waals surface area contributed by atoms with Crippen LogP contribution in [0.1, 0.15) is 10.4 Å². The summed E-state index contributed by atoms with van der Waals surface area (Å²) in [6.07, 6.45) is -0.0664. The third kappa shape index (κ3) is 2.17. The van der Waals surface area contributed by atoms with Gasteiger partial charge in [0.2, 0.25) is 5.75 Å². The Balaban J connectivity index is 2.09. The second kappa shape index (κ2) is 3.90. The maximum Gasteiger partial charge on any atom is 0.339 e. The van der Waals surface area contributed by atoms with Gasteiger partial charge in [-0.1, -0.05) is 0 Å². The van der Waals surface area contributed by atoms with E-state index in [0.717, 1.165) is 6.07 Å². The lowest BCUT2D eigenvalue weighted by atomic mass is 10.2. The van der Waals surface area contributed by atoms with Crippen LogP contribution < -0.4 is 0 Å². The van der Waals surface area contributed by atoms with Crippen LogP contribution in [0.3, 0.4) is 0 Å². The SMILES string of the molecule is O=C(OCC1CO1)c1[c]c(O)c(O)c(O)c1. The summed E-state index contributed by atoms with van der Waals surface area (Å²) < 4.78 is 9.64. The molecule has 1 saturated heterocycles. The minimum Gasteiger partial charge on any atom is -0.504 e. The molecule has 6 heteroatoms. The summed E-state index contributed by atoms with van der Waals surface area (Å²) in [6.45, 7) is 0.679. The molecule has 1 atom stereocenters. The first-order chi connectivity index (χ1) is 7.58. The van der Waals surface area contributed by atoms with E-state index in [-0.39, 0.29) is 18.3 Å². The predicted octanol–water partition coefficient (Wildman–Crippen LogP) is 0.159. The molecular weight excluding hydrogens is 216 g/mol. The van der Waals surface area contributed by atoms with Crippen molar-refractivity contribution in [2.24, 2.45) is 0 Å². The van der Waals surface area contributed by atoms with Gasteiger partial charge in [0.15, 0.2) is 11.5 Å². The summed E-state index contributed by atoms with van der Waals surface area (Å²) in [5.41, 5.74) is -0.159. The minimum absolute atomic E-state index is 0.0664. The molecule has 1 aromatic rings. The van der Waals surface area contributed by atoms with Crippen molar-refractivity contribution in [3.63, 3.8) is 0 Å². The van der Waals surface area contributed by atoms with Crippen LogP contribution in [0.25, 0.3) is 0 Å². The Kier molecular flexibility index (Phi) is 2.57. The van der Waals surface area contributed by atoms with Gasteiger partial charge in [-0.2, -0.15) is 0 Å². The zero-order valence-electron chi connectivity index (χ0n) is 8.14. The van der Waals surface area contributed by atoms with E-state index in [9.17, 15) is 4.79 Å². The van der Waals surface area contributed by atoms with Crippen LogP contribution in [-0.2, 0) is 9.47 Å². The number of hydrogen-bond donors (Lipinski definition) is 3. The van der Waals surface area contributed by atoms with Gasteiger partial charge in [-0.15, -0.1) is 0 Å². The van der Waals surface area contributed by atoms with E-state index in [1.54, 1.807) is 0 Å². The minimum atomic E-state index is -0.749. The number of carbonyl (C=O) groups excluding carboxylic acids is 1. The van der Waals surface area contributed by atoms with Crippen LogP contribution in [0.5, 0.6) is 17.2 Å². The average Bonchev–Trinajstić information content (AvgIpc) is 3.05. The first-order valence-electron chi connectivity index (χ1n) is 4.54. The Hall–Kier alpha value is -1.95. The molecule has 3 N–H and O–H groups in total. The summed E-state index contributed by atoms with van der Waals surface area (Å²) in [4.78, 5) is 11.4. The van der Waals surface area contributed by atoms with Gasteiger partial charge < -0.3 is 24.8 Å². The number of benzene rings is 1. The Morgan fingerprint density at radius 3 is 2.81 bits per heavy atom. The molecule has 1 fully saturated rings. The number of carbonyl (C=O) groups is 1. The Labute approximate surface area is 90.7 Å². The summed E-state index contributed by atoms with van der Waals surface area (Å²) >= 11 is 0. The van der Waals surface area contributed by atoms with Crippen molar-refractivity contribution in [2.45, 2.75) is 6.10 Å². The van der Waals surface area contributed by atoms with Crippen molar-refractivity contribution in [3.05, 3.63) is 17.7 Å². The summed E-state index contributed by atoms with van der Waals surface area (Å²) in [5.74, 6) is -2.77. The van der Waals surface area contributed by atoms with E-state index in [4.69, 9.17) is 24.8 Å². The number of aromatic hydroxyl groups is 3. The van der Waals surface area contributed by atoms with Crippen LogP contribution in [0.4, 0.5) is 0 Å². The van der Waals surface area contributed by atoms with Gasteiger partial charge >= 0.3 is 5.97 Å². The van der Waals surface area contributed by atoms with E-state index >= 15 is 0 Å². The topological polar surface area (TPSA) is 99.5 Å². The van der Waals surface area contributed by atoms with Crippen molar-refractivity contribution in [3.8, 4) is 17.2 Å². The van der Waals surface area contributed by atoms with E-state index in [1.165, 1.54) is 0 Å². The van der Waals surface area contributed by atoms with Gasteiger partial charge in [0.25, 0.3) is 0 Å². The highest BCUT2D eigenvalue weighted by molar-refractivity contribution is 5.90. The van der Waals surface area contributed by atoms with Gasteiger partial charge in [-0.3, -0.25) is 0 Å². The molecule has 0 aromatic heterocycles. The fraction of sp³-hybridized carbons (Fsp3) is 0.300. The summed E-state index contributed by atoms with van der Waals surface area (Å²) in [5, 5.41) is 27.3. The molecule has 0 spiro atoms. The fourth-order valence-electron chi connectivity index (χ4n) is 1.07. The molecule has 1 aliphatic rings. The zero-order valence-corrected chi connectivity index (χ0v) is 8.14. The lowest BCUT2D eigenvalue weighted by Crippen LogP contribution is -2.10. The highest BCUT2D eigenvalue weighted by Gasteiger charge is 2.25. The third-order valence-corrected chi connectivity index (χ3v) is 2.02. The molecule has 6 nitrogen and oxygen atoms in total. The first kappa shape index (κ1) is 10.6. The Morgan fingerprint density at radius 1 is 1.56 bits per heavy atom. The second-order valence-electron chi connectivity index (χ2n) is 3.32. The average molecular weight is 225 g/mol. The molecule has 1 radical (unpaired) electrons. The van der Waals surface area contributed by atoms with Crippen LogP contribution in [0.15, 0.2) is 6.07 Å². The Bertz CT molecular complexity index is 400. The molecule has 0 amide bonds. The van der Waals surface area contributed by atoms with Crippen molar-refractivity contribution < 1.29 is 29.6 Å². The Morgan fingerprint density at radius 2 is 2.25 bits per heavy atom. The lowest BCUT2D eigenvalue weighted by molar-refractivity contribution is 0.0475. The van der Waals surface area contributed by atoms with Crippen LogP contribution >= 0.6 is 0 Å². The molecule has 0 bridgehead atoms. The largest absolute Gasteiger partial charge is 0.504 e. The van der Waals surface area contributed by atoms with Gasteiger partial charge in [-0.05, 0) is 6.07 Å². The van der Waals surface area contributed by atoms with Crippen molar-refractivity contribution in [1.82, 2.24) is 0 Å². The highest BCUT2D eigenvalue weighted by Crippen LogP contribution is 2.35. The third-order valence-electron chi connectivity index (χ3n) is 2.02. The standard InChI is InChI=1S/C10H9O6/c11-7-1-5(2-8(12)9(7)13)10(14)16-4-6-3-15-6/h1,6,11-13H,3-4H2. The number of ether oxygens (including phenoxy) is 2. The fourth-order valence-corrected chi connectivity index (χ4v) is 1.07. The molecule has 0 saturated carbocycles. The van der Waals surface area contributed by atoms with Gasteiger partial charge in [0.05, 0.1) is 12.2 Å². The molecule has 2 rings (SSSR count). The zero-order chi connectivity index (χ0) is 11.7. The molecule has 1 unspecified atom stereocenters. The van der Waals surface area contributed by atoms with E-state index in [0.29, 0.717) is 6.61 Å². The van der Waals surface area contributed by atoms with Gasteiger partial charge in [0, 0.05) is 6.07 Å². The predicted molar refractivity (Wildman–Crippen MR) is 50.3 cm³/mol. The van der Waals surface area contributed by atoms with Crippen molar-refractivity contribution in [1.29, 1.82) is 0 Å². The molecule has 1 aromatic carbocycles. The highest BCUT2D eigenvalue weighted by atomic mass is 16.6. The van der Waals surface area contributed by atoms with E-state index in [2.05, 4.69) is 6.07 Å². The summed E-state index contributed by atoms with van der Waals surface area (Å²) in [6, 6.07) is 3.15. The van der Waals surface area contributed by atoms with Crippen LogP contribution in [0.2, 0.25) is 0 Å². The number of epoxide rings is 1. The molecular formula is C10H9O6. The van der Waals surface area contributed by atoms with Crippen molar-refractivity contribution in [2.75, 3.05) is 13.2 Å². The van der Waals surface area contributed by atoms with Crippen molar-refractivity contribution >= 4 is 5.97 Å². The maximum absolute atomic E-state index is 11.4. The maximum atomic E-state index is 11.4. The number of rotatable bonds is 3. The quantitative estimate of drug-likeness (QED) is 0.385. The number of hydrogen-bond acceptors (Lipinski definition) is 6. The lowest BCUT2D eigenvalue weighted by Gasteiger charge is -2.05. The molecule has 0 aliphatic carbocycles. The molecule has 85 valence electrons. The normalized spacial score (nSPS) is 18.1. The number of esters is 1.